The van der Waals surface area contributed by atoms with Gasteiger partial charge in [-0.25, -0.2) is 0 Å². The number of carbonyl (C=O) groups is 2. The maximum atomic E-state index is 12.5. The predicted molar refractivity (Wildman–Crippen MR) is 209 cm³/mol. The Labute approximate surface area is 300 Å². The fourth-order valence-corrected chi connectivity index (χ4v) is 6.78. The van der Waals surface area contributed by atoms with Crippen LogP contribution in [-0.2, 0) is 14.3 Å². The second-order valence-corrected chi connectivity index (χ2v) is 14.9. The van der Waals surface area contributed by atoms with Crippen LogP contribution >= 0.6 is 0 Å². The van der Waals surface area contributed by atoms with Crippen molar-refractivity contribution >= 4 is 11.9 Å². The molecule has 1 N–H and O–H groups in total. The highest BCUT2D eigenvalue weighted by Crippen LogP contribution is 2.18. The summed E-state index contributed by atoms with van der Waals surface area (Å²) in [6, 6.07) is 0. The van der Waals surface area contributed by atoms with Crippen molar-refractivity contribution in [1.82, 2.24) is 0 Å². The van der Waals surface area contributed by atoms with Crippen molar-refractivity contribution in [3.05, 3.63) is 12.2 Å². The molecule has 0 rings (SSSR count). The zero-order valence-electron chi connectivity index (χ0n) is 32.6. The van der Waals surface area contributed by atoms with Crippen LogP contribution in [0.2, 0.25) is 0 Å². The summed E-state index contributed by atoms with van der Waals surface area (Å²) in [6.45, 7) is 4.55. The minimum atomic E-state index is -0.765. The molecule has 0 amide bonds. The van der Waals surface area contributed by atoms with Crippen molar-refractivity contribution in [3.63, 3.8) is 0 Å². The summed E-state index contributed by atoms with van der Waals surface area (Å²) in [4.78, 5) is 23.5. The van der Waals surface area contributed by atoms with Crippen LogP contribution in [-0.4, -0.2) is 23.1 Å². The average molecular weight is 677 g/mol. The Morgan fingerprint density at radius 2 is 0.771 bits per heavy atom. The van der Waals surface area contributed by atoms with Crippen LogP contribution in [0, 0.1) is 0 Å². The van der Waals surface area contributed by atoms with Crippen molar-refractivity contribution in [2.75, 3.05) is 0 Å². The lowest BCUT2D eigenvalue weighted by Crippen LogP contribution is -2.18. The number of rotatable bonds is 40. The van der Waals surface area contributed by atoms with Gasteiger partial charge in [0.15, 0.2) is 0 Å². The summed E-state index contributed by atoms with van der Waals surface area (Å²) in [6.07, 6.45) is 49.6. The van der Waals surface area contributed by atoms with Gasteiger partial charge in [-0.05, 0) is 57.8 Å². The summed E-state index contributed by atoms with van der Waals surface area (Å²) in [5.41, 5.74) is 0. The second-order valence-electron chi connectivity index (χ2n) is 14.9. The van der Waals surface area contributed by atoms with E-state index in [0.29, 0.717) is 19.3 Å². The molecule has 0 aliphatic carbocycles. The molecule has 1 unspecified atom stereocenters. The summed E-state index contributed by atoms with van der Waals surface area (Å²) < 4.78 is 5.85. The van der Waals surface area contributed by atoms with E-state index in [1.807, 2.05) is 0 Å². The third kappa shape index (κ3) is 39.1. The van der Waals surface area contributed by atoms with Crippen LogP contribution in [0.15, 0.2) is 12.2 Å². The van der Waals surface area contributed by atoms with Crippen molar-refractivity contribution < 1.29 is 19.4 Å². The molecule has 0 radical (unpaired) electrons. The number of carboxylic acid groups (broad SMARTS) is 1. The van der Waals surface area contributed by atoms with Crippen LogP contribution in [0.1, 0.15) is 251 Å². The maximum Gasteiger partial charge on any atom is 0.306 e. The van der Waals surface area contributed by atoms with E-state index >= 15 is 0 Å². The van der Waals surface area contributed by atoms with Gasteiger partial charge in [0, 0.05) is 12.8 Å². The quantitative estimate of drug-likeness (QED) is 0.0398. The van der Waals surface area contributed by atoms with Gasteiger partial charge in [0.05, 0.1) is 0 Å². The highest BCUT2D eigenvalue weighted by atomic mass is 16.5. The third-order valence-corrected chi connectivity index (χ3v) is 9.99. The Morgan fingerprint density at radius 3 is 1.17 bits per heavy atom. The summed E-state index contributed by atoms with van der Waals surface area (Å²) in [7, 11) is 0. The van der Waals surface area contributed by atoms with Gasteiger partial charge >= 0.3 is 11.9 Å². The van der Waals surface area contributed by atoms with Crippen molar-refractivity contribution in [2.45, 2.75) is 258 Å². The highest BCUT2D eigenvalue weighted by molar-refractivity contribution is 5.69. The van der Waals surface area contributed by atoms with E-state index in [0.717, 1.165) is 25.7 Å². The smallest absolute Gasteiger partial charge is 0.306 e. The first kappa shape index (κ1) is 46.7. The normalized spacial score (nSPS) is 12.2. The number of hydrogen-bond acceptors (Lipinski definition) is 3. The Morgan fingerprint density at radius 1 is 0.438 bits per heavy atom. The van der Waals surface area contributed by atoms with E-state index in [9.17, 15) is 9.59 Å². The van der Waals surface area contributed by atoms with E-state index in [1.165, 1.54) is 186 Å². The molecule has 0 aromatic rings. The van der Waals surface area contributed by atoms with Gasteiger partial charge < -0.3 is 9.84 Å². The number of unbranched alkanes of at least 4 members (excludes halogenated alkanes) is 29. The Bertz CT molecular complexity index is 687. The van der Waals surface area contributed by atoms with Gasteiger partial charge in [-0.3, -0.25) is 9.59 Å². The Hall–Kier alpha value is -1.32. The predicted octanol–water partition coefficient (Wildman–Crippen LogP) is 15.0. The number of allylic oxidation sites excluding steroid dienone is 2. The van der Waals surface area contributed by atoms with E-state index in [1.54, 1.807) is 0 Å². The summed E-state index contributed by atoms with van der Waals surface area (Å²) in [5, 5.41) is 9.03. The molecule has 0 heterocycles. The van der Waals surface area contributed by atoms with Gasteiger partial charge in [0.1, 0.15) is 6.10 Å². The van der Waals surface area contributed by atoms with Crippen LogP contribution in [0.4, 0.5) is 0 Å². The minimum absolute atomic E-state index is 0.0849. The molecule has 4 heteroatoms. The molecular formula is C44H84O4. The first-order valence-corrected chi connectivity index (χ1v) is 21.7. The van der Waals surface area contributed by atoms with Gasteiger partial charge in [-0.1, -0.05) is 193 Å². The van der Waals surface area contributed by atoms with Gasteiger partial charge in [-0.15, -0.1) is 0 Å². The van der Waals surface area contributed by atoms with Crippen LogP contribution < -0.4 is 0 Å². The van der Waals surface area contributed by atoms with Crippen molar-refractivity contribution in [2.24, 2.45) is 0 Å². The largest absolute Gasteiger partial charge is 0.481 e. The molecule has 0 bridgehead atoms. The fourth-order valence-electron chi connectivity index (χ4n) is 6.78. The molecule has 0 saturated carbocycles. The minimum Gasteiger partial charge on any atom is -0.481 e. The lowest BCUT2D eigenvalue weighted by molar-refractivity contribution is -0.150. The SMILES string of the molecule is CCCCCCCC/C=C\CCCCCCCCCCCCCC(=O)OC(CCCCCCCCCCCCCCC)CCCC(=O)O. The Kier molecular flexibility index (Phi) is 39.0. The van der Waals surface area contributed by atoms with E-state index < -0.39 is 5.97 Å². The molecule has 48 heavy (non-hydrogen) atoms. The molecule has 0 aliphatic heterocycles. The number of carbonyl (C=O) groups excluding carboxylic acids is 1. The molecular weight excluding hydrogens is 592 g/mol. The average Bonchev–Trinajstić information content (AvgIpc) is 3.07. The molecule has 284 valence electrons. The Balaban J connectivity index is 3.70. The van der Waals surface area contributed by atoms with Crippen LogP contribution in [0.5, 0.6) is 0 Å². The van der Waals surface area contributed by atoms with Crippen LogP contribution in [0.25, 0.3) is 0 Å². The molecule has 0 spiro atoms. The number of aliphatic carboxylic acids is 1. The molecule has 0 saturated heterocycles. The van der Waals surface area contributed by atoms with Crippen molar-refractivity contribution in [1.29, 1.82) is 0 Å². The first-order valence-electron chi connectivity index (χ1n) is 21.7. The number of esters is 1. The first-order chi connectivity index (χ1) is 23.6. The van der Waals surface area contributed by atoms with E-state index in [2.05, 4.69) is 26.0 Å². The van der Waals surface area contributed by atoms with E-state index in [-0.39, 0.29) is 18.5 Å². The molecule has 4 nitrogen and oxygen atoms in total. The standard InChI is InChI=1S/C44H84O4/c1-3-5-7-9-11-13-15-17-18-19-20-21-22-23-24-26-28-30-32-34-36-41-44(47)48-42(39-37-40-43(45)46)38-35-33-31-29-27-25-16-14-12-10-8-6-4-2/h17-18,42H,3-16,19-41H2,1-2H3,(H,45,46)/b18-17-. The number of carboxylic acids is 1. The summed E-state index contributed by atoms with van der Waals surface area (Å²) >= 11 is 0. The van der Waals surface area contributed by atoms with Gasteiger partial charge in [0.25, 0.3) is 0 Å². The highest BCUT2D eigenvalue weighted by Gasteiger charge is 2.15. The number of ether oxygens (including phenoxy) is 1. The molecule has 1 atom stereocenters. The van der Waals surface area contributed by atoms with E-state index in [4.69, 9.17) is 9.84 Å². The topological polar surface area (TPSA) is 63.6 Å². The third-order valence-electron chi connectivity index (χ3n) is 9.99. The zero-order valence-corrected chi connectivity index (χ0v) is 32.6. The molecule has 0 aromatic carbocycles. The lowest BCUT2D eigenvalue weighted by Gasteiger charge is -2.18. The zero-order chi connectivity index (χ0) is 35.0. The summed E-state index contributed by atoms with van der Waals surface area (Å²) in [5.74, 6) is -0.850. The lowest BCUT2D eigenvalue weighted by atomic mass is 10.0. The molecule has 0 aromatic heterocycles. The van der Waals surface area contributed by atoms with Gasteiger partial charge in [-0.2, -0.15) is 0 Å². The second kappa shape index (κ2) is 40.1. The van der Waals surface area contributed by atoms with Crippen LogP contribution in [0.3, 0.4) is 0 Å². The monoisotopic (exact) mass is 677 g/mol. The molecule has 0 fully saturated rings. The number of hydrogen-bond donors (Lipinski definition) is 1. The molecule has 0 aliphatic rings. The van der Waals surface area contributed by atoms with Crippen molar-refractivity contribution in [3.8, 4) is 0 Å². The maximum absolute atomic E-state index is 12.5. The van der Waals surface area contributed by atoms with Gasteiger partial charge in [0.2, 0.25) is 0 Å². The fraction of sp³-hybridized carbons (Fsp3) is 0.909.